The first kappa shape index (κ1) is 29.7. The molecule has 1 saturated heterocycles. The highest BCUT2D eigenvalue weighted by Crippen LogP contribution is 2.34. The molecule has 1 fully saturated rings. The van der Waals surface area contributed by atoms with Gasteiger partial charge in [-0.15, -0.1) is 0 Å². The van der Waals surface area contributed by atoms with E-state index in [1.54, 1.807) is 30.3 Å². The van der Waals surface area contributed by atoms with Gasteiger partial charge in [-0.05, 0) is 54.8 Å². The van der Waals surface area contributed by atoms with Crippen molar-refractivity contribution >= 4 is 98.5 Å². The number of imide groups is 1. The Morgan fingerprint density at radius 2 is 1.68 bits per heavy atom. The highest BCUT2D eigenvalue weighted by atomic mass is 35.5. The quantitative estimate of drug-likeness (QED) is 0.0824. The highest BCUT2D eigenvalue weighted by Gasteiger charge is 2.31. The maximum absolute atomic E-state index is 12.8. The summed E-state index contributed by atoms with van der Waals surface area (Å²) in [7, 11) is 0. The van der Waals surface area contributed by atoms with Gasteiger partial charge in [-0.25, -0.2) is 10.9 Å². The molecule has 2 aromatic carbocycles. The molecule has 0 saturated carbocycles. The van der Waals surface area contributed by atoms with E-state index in [1.807, 2.05) is 0 Å². The van der Waals surface area contributed by atoms with E-state index < -0.39 is 18.4 Å². The molecule has 0 aromatic heterocycles. The van der Waals surface area contributed by atoms with E-state index >= 15 is 0 Å². The topological polar surface area (TPSA) is 92.9 Å². The maximum Gasteiger partial charge on any atom is 0.281 e. The summed E-state index contributed by atoms with van der Waals surface area (Å²) in [6, 6.07) is 9.59. The van der Waals surface area contributed by atoms with Gasteiger partial charge < -0.3 is 4.74 Å². The SMILES string of the molecule is NN(C(=O)CCCCCN1C(=O)/C(=C/c2ccc(Cl)cc2Cl)SC1=S)C(=O)COc1ccc(Cl)cc1Cl. The molecule has 0 bridgehead atoms. The van der Waals surface area contributed by atoms with Gasteiger partial charge in [0.2, 0.25) is 5.91 Å². The van der Waals surface area contributed by atoms with Crippen LogP contribution in [-0.4, -0.2) is 45.1 Å². The second-order valence-corrected chi connectivity index (χ2v) is 11.2. The van der Waals surface area contributed by atoms with Crippen LogP contribution in [0.2, 0.25) is 20.1 Å². The number of benzene rings is 2. The summed E-state index contributed by atoms with van der Waals surface area (Å²) in [4.78, 5) is 39.2. The number of ether oxygens (including phenoxy) is 1. The fourth-order valence-electron chi connectivity index (χ4n) is 3.24. The standard InChI is InChI=1S/C24H21Cl4N3O4S2/c25-15-6-5-14(17(27)11-15)10-20-23(34)30(24(36)37-20)9-3-1-2-4-21(32)31(29)22(33)13-35-19-8-7-16(26)12-18(19)28/h5-8,10-12H,1-4,9,13,29H2/b20-10-. The van der Waals surface area contributed by atoms with Gasteiger partial charge in [0.15, 0.2) is 6.61 Å². The summed E-state index contributed by atoms with van der Waals surface area (Å²) in [6.45, 7) is -0.0433. The lowest BCUT2D eigenvalue weighted by Crippen LogP contribution is -2.45. The molecule has 2 aromatic rings. The smallest absolute Gasteiger partial charge is 0.281 e. The summed E-state index contributed by atoms with van der Waals surface area (Å²) < 4.78 is 5.77. The van der Waals surface area contributed by atoms with Gasteiger partial charge in [0.1, 0.15) is 10.1 Å². The summed E-state index contributed by atoms with van der Waals surface area (Å²) in [5.41, 5.74) is 0.674. The minimum atomic E-state index is -0.707. The minimum Gasteiger partial charge on any atom is -0.482 e. The van der Waals surface area contributed by atoms with Crippen molar-refractivity contribution in [2.75, 3.05) is 13.2 Å². The van der Waals surface area contributed by atoms with Crippen molar-refractivity contribution < 1.29 is 19.1 Å². The average Bonchev–Trinajstić information content (AvgIpc) is 3.11. The Hall–Kier alpha value is -1.85. The first-order valence-electron chi connectivity index (χ1n) is 11.0. The second-order valence-electron chi connectivity index (χ2n) is 7.83. The van der Waals surface area contributed by atoms with Crippen molar-refractivity contribution in [1.29, 1.82) is 0 Å². The molecular formula is C24H21Cl4N3O4S2. The number of nitrogens with two attached hydrogens (primary N) is 1. The largest absolute Gasteiger partial charge is 0.482 e. The van der Waals surface area contributed by atoms with Crippen LogP contribution in [0.4, 0.5) is 0 Å². The first-order chi connectivity index (χ1) is 17.6. The number of thiocarbonyl (C=S) groups is 1. The lowest BCUT2D eigenvalue weighted by Gasteiger charge is -2.16. The van der Waals surface area contributed by atoms with Crippen molar-refractivity contribution in [1.82, 2.24) is 9.91 Å². The highest BCUT2D eigenvalue weighted by molar-refractivity contribution is 8.26. The molecule has 2 N–H and O–H groups in total. The van der Waals surface area contributed by atoms with Gasteiger partial charge in [-0.3, -0.25) is 19.3 Å². The number of rotatable bonds is 10. The number of carbonyl (C=O) groups excluding carboxylic acids is 3. The van der Waals surface area contributed by atoms with Gasteiger partial charge in [-0.2, -0.15) is 0 Å². The molecule has 1 aliphatic heterocycles. The van der Waals surface area contributed by atoms with Gasteiger partial charge in [-0.1, -0.05) is 82.9 Å². The molecule has 196 valence electrons. The molecule has 3 rings (SSSR count). The number of halogens is 4. The molecule has 1 aliphatic rings. The Bertz CT molecular complexity index is 1260. The zero-order chi connectivity index (χ0) is 27.1. The zero-order valence-corrected chi connectivity index (χ0v) is 23.9. The molecule has 0 radical (unpaired) electrons. The van der Waals surface area contributed by atoms with E-state index in [1.165, 1.54) is 28.8 Å². The predicted octanol–water partition coefficient (Wildman–Crippen LogP) is 6.37. The van der Waals surface area contributed by atoms with Crippen LogP contribution >= 0.6 is 70.4 Å². The lowest BCUT2D eigenvalue weighted by molar-refractivity contribution is -0.146. The van der Waals surface area contributed by atoms with Gasteiger partial charge >= 0.3 is 0 Å². The summed E-state index contributed by atoms with van der Waals surface area (Å²) in [5.74, 6) is 4.45. The number of hydrazine groups is 1. The Balaban J connectivity index is 1.40. The third-order valence-corrected chi connectivity index (χ3v) is 7.65. The van der Waals surface area contributed by atoms with Crippen molar-refractivity contribution in [3.63, 3.8) is 0 Å². The van der Waals surface area contributed by atoms with Crippen LogP contribution < -0.4 is 10.6 Å². The van der Waals surface area contributed by atoms with E-state index in [0.29, 0.717) is 60.7 Å². The van der Waals surface area contributed by atoms with Crippen molar-refractivity contribution in [3.05, 3.63) is 67.0 Å². The molecule has 37 heavy (non-hydrogen) atoms. The van der Waals surface area contributed by atoms with Crippen LogP contribution in [0.15, 0.2) is 41.3 Å². The third kappa shape index (κ3) is 8.32. The van der Waals surface area contributed by atoms with Gasteiger partial charge in [0.25, 0.3) is 11.8 Å². The fourth-order valence-corrected chi connectivity index (χ4v) is 5.46. The van der Waals surface area contributed by atoms with Gasteiger partial charge in [0, 0.05) is 28.0 Å². The van der Waals surface area contributed by atoms with Crippen molar-refractivity contribution in [2.45, 2.75) is 25.7 Å². The van der Waals surface area contributed by atoms with Crippen LogP contribution in [0, 0.1) is 0 Å². The number of carbonyl (C=O) groups is 3. The molecular weight excluding hydrogens is 600 g/mol. The second kappa shape index (κ2) is 13.8. The van der Waals surface area contributed by atoms with Crippen LogP contribution in [0.3, 0.4) is 0 Å². The Labute approximate surface area is 243 Å². The van der Waals surface area contributed by atoms with E-state index in [0.717, 1.165) is 0 Å². The molecule has 0 spiro atoms. The van der Waals surface area contributed by atoms with Crippen molar-refractivity contribution in [3.8, 4) is 5.75 Å². The fraction of sp³-hybridized carbons (Fsp3) is 0.250. The predicted molar refractivity (Wildman–Crippen MR) is 153 cm³/mol. The molecule has 0 aliphatic carbocycles. The molecule has 1 heterocycles. The molecule has 3 amide bonds. The minimum absolute atomic E-state index is 0.0668. The van der Waals surface area contributed by atoms with Gasteiger partial charge in [0.05, 0.1) is 9.93 Å². The Morgan fingerprint density at radius 1 is 1.00 bits per heavy atom. The van der Waals surface area contributed by atoms with E-state index in [-0.39, 0.29) is 23.1 Å². The zero-order valence-electron chi connectivity index (χ0n) is 19.2. The van der Waals surface area contributed by atoms with E-state index in [2.05, 4.69) is 0 Å². The van der Waals surface area contributed by atoms with Crippen LogP contribution in [0.1, 0.15) is 31.2 Å². The van der Waals surface area contributed by atoms with Crippen molar-refractivity contribution in [2.24, 2.45) is 5.84 Å². The molecule has 0 unspecified atom stereocenters. The number of thioether (sulfide) groups is 1. The van der Waals surface area contributed by atoms with Crippen LogP contribution in [0.5, 0.6) is 5.75 Å². The first-order valence-corrected chi connectivity index (χ1v) is 13.7. The molecule has 7 nitrogen and oxygen atoms in total. The van der Waals surface area contributed by atoms with E-state index in [9.17, 15) is 14.4 Å². The summed E-state index contributed by atoms with van der Waals surface area (Å²) in [6.07, 6.45) is 3.48. The number of hydrogen-bond acceptors (Lipinski definition) is 7. The third-order valence-electron chi connectivity index (χ3n) is 5.18. The average molecular weight is 621 g/mol. The summed E-state index contributed by atoms with van der Waals surface area (Å²) in [5, 5.41) is 2.15. The number of nitrogens with zero attached hydrogens (tertiary/aromatic N) is 2. The monoisotopic (exact) mass is 619 g/mol. The number of amides is 3. The molecule has 0 atom stereocenters. The molecule has 13 heteroatoms. The van der Waals surface area contributed by atoms with E-state index in [4.69, 9.17) is 69.2 Å². The Morgan fingerprint density at radius 3 is 2.35 bits per heavy atom. The summed E-state index contributed by atoms with van der Waals surface area (Å²) >= 11 is 30.5. The lowest BCUT2D eigenvalue weighted by atomic mass is 10.1. The van der Waals surface area contributed by atoms with Crippen LogP contribution in [0.25, 0.3) is 6.08 Å². The number of hydrogen-bond donors (Lipinski definition) is 1. The normalized spacial score (nSPS) is 14.4. The van der Waals surface area contributed by atoms with Crippen LogP contribution in [-0.2, 0) is 14.4 Å². The Kier molecular flexibility index (Phi) is 11.1. The maximum atomic E-state index is 12.8. The number of unbranched alkanes of at least 4 members (excludes halogenated alkanes) is 2.